The Bertz CT molecular complexity index is 1650. The van der Waals surface area contributed by atoms with E-state index >= 15 is 0 Å². The Morgan fingerprint density at radius 3 is 0.956 bits per heavy atom. The van der Waals surface area contributed by atoms with Crippen LogP contribution in [0.3, 0.4) is 0 Å². The van der Waals surface area contributed by atoms with Crippen molar-refractivity contribution in [1.29, 1.82) is 0 Å². The van der Waals surface area contributed by atoms with E-state index in [9.17, 15) is 61.0 Å². The molecule has 19 nitrogen and oxygen atoms in total. The minimum Gasteiger partial charge on any atom is -0.394 e. The molecule has 17 atom stereocenters. The molecule has 3 aliphatic rings. The van der Waals surface area contributed by atoms with Crippen LogP contribution < -0.4 is 5.32 Å². The molecule has 540 valence electrons. The lowest BCUT2D eigenvalue weighted by Gasteiger charge is -2.48. The number of ether oxygens (including phenoxy) is 6. The van der Waals surface area contributed by atoms with Gasteiger partial charge in [0.25, 0.3) is 0 Å². The average molecular weight is 1310 g/mol. The summed E-state index contributed by atoms with van der Waals surface area (Å²) in [5.41, 5.74) is 0. The second kappa shape index (κ2) is 54.8. The summed E-state index contributed by atoms with van der Waals surface area (Å²) in [5, 5.41) is 121. The van der Waals surface area contributed by atoms with Gasteiger partial charge in [-0.25, -0.2) is 0 Å². The van der Waals surface area contributed by atoms with Gasteiger partial charge in [0.15, 0.2) is 18.9 Å². The molecular weight excluding hydrogens is 1170 g/mol. The summed E-state index contributed by atoms with van der Waals surface area (Å²) in [5.74, 6) is -0.235. The number of nitrogens with one attached hydrogen (secondary N) is 1. The maximum absolute atomic E-state index is 13.4. The highest BCUT2D eigenvalue weighted by atomic mass is 16.8. The molecule has 0 aliphatic carbocycles. The van der Waals surface area contributed by atoms with Crippen molar-refractivity contribution in [2.45, 2.75) is 426 Å². The van der Waals surface area contributed by atoms with E-state index in [4.69, 9.17) is 28.4 Å². The lowest BCUT2D eigenvalue weighted by atomic mass is 9.96. The third kappa shape index (κ3) is 36.3. The first-order valence-electron chi connectivity index (χ1n) is 37.8. The zero-order valence-corrected chi connectivity index (χ0v) is 57.4. The molecule has 0 bridgehead atoms. The molecule has 0 aromatic carbocycles. The van der Waals surface area contributed by atoms with Gasteiger partial charge in [-0.15, -0.1) is 0 Å². The maximum Gasteiger partial charge on any atom is 0.220 e. The molecule has 12 N–H and O–H groups in total. The fourth-order valence-electron chi connectivity index (χ4n) is 13.3. The molecule has 0 radical (unpaired) electrons. The second-order valence-electron chi connectivity index (χ2n) is 27.5. The highest BCUT2D eigenvalue weighted by Crippen LogP contribution is 2.33. The Balaban J connectivity index is 1.35. The average Bonchev–Trinajstić information content (AvgIpc) is 0.876. The molecule has 19 heteroatoms. The van der Waals surface area contributed by atoms with E-state index in [-0.39, 0.29) is 18.9 Å². The number of rotatable bonds is 60. The maximum atomic E-state index is 13.4. The molecule has 3 fully saturated rings. The normalized spacial score (nSPS) is 27.8. The van der Waals surface area contributed by atoms with Crippen LogP contribution in [-0.4, -0.2) is 193 Å². The van der Waals surface area contributed by atoms with Gasteiger partial charge in [0.1, 0.15) is 73.2 Å². The van der Waals surface area contributed by atoms with Gasteiger partial charge in [0.2, 0.25) is 5.91 Å². The zero-order valence-electron chi connectivity index (χ0n) is 57.4. The monoisotopic (exact) mass is 1310 g/mol. The van der Waals surface area contributed by atoms with Crippen molar-refractivity contribution in [2.24, 2.45) is 0 Å². The minimum atomic E-state index is -1.97. The molecule has 0 aromatic rings. The summed E-state index contributed by atoms with van der Waals surface area (Å²) >= 11 is 0. The van der Waals surface area contributed by atoms with E-state index in [1.807, 2.05) is 0 Å². The van der Waals surface area contributed by atoms with Crippen LogP contribution >= 0.6 is 0 Å². The highest BCUT2D eigenvalue weighted by Gasteiger charge is 2.53. The fourth-order valence-corrected chi connectivity index (χ4v) is 13.3. The Hall–Kier alpha value is -1.21. The van der Waals surface area contributed by atoms with E-state index in [1.54, 1.807) is 0 Å². The van der Waals surface area contributed by atoms with Crippen LogP contribution in [0.25, 0.3) is 0 Å². The standard InChI is InChI=1S/C72H139NO18/c1-3-5-7-9-11-13-15-17-19-20-21-22-23-24-25-26-27-28-29-30-31-32-33-34-36-38-40-42-44-46-48-50-60(78)73-55(56(77)49-47-45-43-41-39-37-35-18-16-14-12-10-8-6-4-2)54-86-70-66(84)63(81)68(58(52-75)88-70)91-72-67(85)64(82)69(59(53-76)89-72)90-71-65(83)62(80)61(79)57(51-74)87-71/h55-59,61-72,74-77,79-85H,3-54H2,1-2H3,(H,73,78). The van der Waals surface area contributed by atoms with Crippen LogP contribution in [0, 0.1) is 0 Å². The summed E-state index contributed by atoms with van der Waals surface area (Å²) < 4.78 is 34.4. The number of carbonyl (C=O) groups is 1. The van der Waals surface area contributed by atoms with Crippen LogP contribution in [0.1, 0.15) is 322 Å². The minimum absolute atomic E-state index is 0.235. The van der Waals surface area contributed by atoms with Crippen LogP contribution in [0.5, 0.6) is 0 Å². The van der Waals surface area contributed by atoms with Gasteiger partial charge in [-0.3, -0.25) is 4.79 Å². The molecule has 3 saturated heterocycles. The van der Waals surface area contributed by atoms with Crippen molar-refractivity contribution in [3.05, 3.63) is 0 Å². The van der Waals surface area contributed by atoms with Gasteiger partial charge in [-0.1, -0.05) is 303 Å². The van der Waals surface area contributed by atoms with Crippen molar-refractivity contribution in [1.82, 2.24) is 5.32 Å². The van der Waals surface area contributed by atoms with Crippen LogP contribution in [0.2, 0.25) is 0 Å². The number of amides is 1. The number of aliphatic hydroxyl groups is 11. The highest BCUT2D eigenvalue weighted by molar-refractivity contribution is 5.76. The van der Waals surface area contributed by atoms with Gasteiger partial charge in [0.05, 0.1) is 38.6 Å². The summed E-state index contributed by atoms with van der Waals surface area (Å²) in [6, 6.07) is -0.882. The summed E-state index contributed by atoms with van der Waals surface area (Å²) in [4.78, 5) is 13.4. The predicted octanol–water partition coefficient (Wildman–Crippen LogP) is 11.1. The number of hydrogen-bond donors (Lipinski definition) is 12. The third-order valence-electron chi connectivity index (χ3n) is 19.4. The summed E-state index contributed by atoms with van der Waals surface area (Å²) in [7, 11) is 0. The molecule has 91 heavy (non-hydrogen) atoms. The van der Waals surface area contributed by atoms with Crippen LogP contribution in [-0.2, 0) is 33.2 Å². The quantitative estimate of drug-likeness (QED) is 0.0252. The summed E-state index contributed by atoms with van der Waals surface area (Å²) in [6.45, 7) is 1.85. The first-order valence-corrected chi connectivity index (χ1v) is 37.8. The molecule has 1 amide bonds. The molecule has 3 aliphatic heterocycles. The number of aliphatic hydroxyl groups excluding tert-OH is 11. The van der Waals surface area contributed by atoms with Gasteiger partial charge in [-0.05, 0) is 12.8 Å². The molecule has 0 aromatic heterocycles. The number of hydrogen-bond acceptors (Lipinski definition) is 18. The van der Waals surface area contributed by atoms with Gasteiger partial charge < -0.3 is 89.9 Å². The van der Waals surface area contributed by atoms with E-state index in [0.717, 1.165) is 44.9 Å². The number of carbonyl (C=O) groups excluding carboxylic acids is 1. The Kier molecular flexibility index (Phi) is 50.6. The first-order chi connectivity index (χ1) is 44.3. The lowest BCUT2D eigenvalue weighted by molar-refractivity contribution is -0.379. The summed E-state index contributed by atoms with van der Waals surface area (Å²) in [6.07, 6.45) is 33.5. The van der Waals surface area contributed by atoms with Crippen molar-refractivity contribution in [2.75, 3.05) is 26.4 Å². The van der Waals surface area contributed by atoms with Crippen molar-refractivity contribution in [3.8, 4) is 0 Å². The van der Waals surface area contributed by atoms with E-state index in [0.29, 0.717) is 12.8 Å². The smallest absolute Gasteiger partial charge is 0.220 e. The molecule has 3 rings (SSSR count). The second-order valence-corrected chi connectivity index (χ2v) is 27.5. The van der Waals surface area contributed by atoms with Crippen LogP contribution in [0.15, 0.2) is 0 Å². The van der Waals surface area contributed by atoms with Crippen molar-refractivity contribution in [3.63, 3.8) is 0 Å². The van der Waals surface area contributed by atoms with E-state index < -0.39 is 124 Å². The molecule has 17 unspecified atom stereocenters. The molecule has 0 spiro atoms. The SMILES string of the molecule is CCCCCCCCCCCCCCCCCCCCCCCCCCCCCCCCCC(=O)NC(COC1OC(CO)C(OC2OC(CO)C(OC3OC(CO)C(O)C(O)C3O)C(O)C2O)C(O)C1O)C(O)CCCCCCCCCCCCCCCCC. The van der Waals surface area contributed by atoms with Gasteiger partial charge in [0, 0.05) is 6.42 Å². The Labute approximate surface area is 551 Å². The first kappa shape index (κ1) is 84.0. The molecular formula is C72H139NO18. The van der Waals surface area contributed by atoms with Gasteiger partial charge >= 0.3 is 0 Å². The Morgan fingerprint density at radius 1 is 0.352 bits per heavy atom. The lowest BCUT2D eigenvalue weighted by Crippen LogP contribution is -2.66. The number of unbranched alkanes of at least 4 members (excludes halogenated alkanes) is 44. The largest absolute Gasteiger partial charge is 0.394 e. The molecule has 3 heterocycles. The van der Waals surface area contributed by atoms with Crippen molar-refractivity contribution < 1.29 is 89.4 Å². The van der Waals surface area contributed by atoms with E-state index in [2.05, 4.69) is 19.2 Å². The van der Waals surface area contributed by atoms with Crippen molar-refractivity contribution >= 4 is 5.91 Å². The van der Waals surface area contributed by atoms with Gasteiger partial charge in [-0.2, -0.15) is 0 Å². The fraction of sp³-hybridized carbons (Fsp3) is 0.986. The topological polar surface area (TPSA) is 307 Å². The van der Waals surface area contributed by atoms with E-state index in [1.165, 1.54) is 244 Å². The predicted molar refractivity (Wildman–Crippen MR) is 356 cm³/mol. The Morgan fingerprint density at radius 2 is 0.626 bits per heavy atom. The zero-order chi connectivity index (χ0) is 66.1. The molecule has 0 saturated carbocycles. The van der Waals surface area contributed by atoms with Crippen LogP contribution in [0.4, 0.5) is 0 Å². The third-order valence-corrected chi connectivity index (χ3v) is 19.4.